The van der Waals surface area contributed by atoms with Crippen LogP contribution in [-0.4, -0.2) is 26.7 Å². The Labute approximate surface area is 212 Å². The first-order valence-corrected chi connectivity index (χ1v) is 11.8. The predicted molar refractivity (Wildman–Crippen MR) is 140 cm³/mol. The van der Waals surface area contributed by atoms with Crippen LogP contribution >= 0.6 is 11.6 Å². The SMILES string of the molecule is CCOc1ccc(C(=O)Nc2cc(OC)c(Cl)cc2OC)cc1COc1ccc(C(C)(C)C)cc1. The number of methoxy groups -OCH3 is 2. The van der Waals surface area contributed by atoms with Crippen LogP contribution in [0.25, 0.3) is 0 Å². The van der Waals surface area contributed by atoms with E-state index in [4.69, 9.17) is 30.5 Å². The van der Waals surface area contributed by atoms with Crippen LogP contribution in [-0.2, 0) is 12.0 Å². The molecular formula is C28H32ClNO5. The Morgan fingerprint density at radius 1 is 0.886 bits per heavy atom. The zero-order chi connectivity index (χ0) is 25.6. The fourth-order valence-electron chi connectivity index (χ4n) is 3.49. The Morgan fingerprint density at radius 3 is 2.17 bits per heavy atom. The van der Waals surface area contributed by atoms with Gasteiger partial charge < -0.3 is 24.3 Å². The summed E-state index contributed by atoms with van der Waals surface area (Å²) in [6.45, 7) is 9.18. The summed E-state index contributed by atoms with van der Waals surface area (Å²) in [5, 5.41) is 3.26. The Morgan fingerprint density at radius 2 is 1.57 bits per heavy atom. The van der Waals surface area contributed by atoms with Crippen molar-refractivity contribution >= 4 is 23.2 Å². The zero-order valence-corrected chi connectivity index (χ0v) is 21.8. The molecule has 0 saturated heterocycles. The number of hydrogen-bond donors (Lipinski definition) is 1. The lowest BCUT2D eigenvalue weighted by Crippen LogP contribution is -2.14. The number of halogens is 1. The minimum atomic E-state index is -0.313. The second-order valence-corrected chi connectivity index (χ2v) is 9.37. The molecule has 1 amide bonds. The van der Waals surface area contributed by atoms with Gasteiger partial charge in [0.25, 0.3) is 5.91 Å². The lowest BCUT2D eigenvalue weighted by molar-refractivity contribution is 0.102. The predicted octanol–water partition coefficient (Wildman–Crippen LogP) is 6.88. The molecule has 0 aromatic heterocycles. The quantitative estimate of drug-likeness (QED) is 0.349. The molecule has 0 saturated carbocycles. The average Bonchev–Trinajstić information content (AvgIpc) is 2.84. The molecule has 7 heteroatoms. The summed E-state index contributed by atoms with van der Waals surface area (Å²) >= 11 is 6.17. The van der Waals surface area contributed by atoms with Crippen LogP contribution in [0.4, 0.5) is 5.69 Å². The molecule has 0 fully saturated rings. The van der Waals surface area contributed by atoms with Crippen LogP contribution in [0, 0.1) is 0 Å². The fourth-order valence-corrected chi connectivity index (χ4v) is 3.73. The summed E-state index contributed by atoms with van der Waals surface area (Å²) in [6, 6.07) is 16.5. The van der Waals surface area contributed by atoms with E-state index in [1.54, 1.807) is 30.3 Å². The van der Waals surface area contributed by atoms with Crippen molar-refractivity contribution in [1.29, 1.82) is 0 Å². The Balaban J connectivity index is 1.81. The molecule has 0 aliphatic rings. The van der Waals surface area contributed by atoms with E-state index >= 15 is 0 Å². The number of carbonyl (C=O) groups excluding carboxylic acids is 1. The smallest absolute Gasteiger partial charge is 0.255 e. The number of anilines is 1. The topological polar surface area (TPSA) is 66.0 Å². The van der Waals surface area contributed by atoms with Crippen LogP contribution in [0.15, 0.2) is 54.6 Å². The molecular weight excluding hydrogens is 466 g/mol. The molecule has 0 bridgehead atoms. The summed E-state index contributed by atoms with van der Waals surface area (Å²) < 4.78 is 22.4. The van der Waals surface area contributed by atoms with Crippen LogP contribution in [0.2, 0.25) is 5.02 Å². The minimum Gasteiger partial charge on any atom is -0.495 e. The third kappa shape index (κ3) is 6.61. The van der Waals surface area contributed by atoms with Crippen molar-refractivity contribution < 1.29 is 23.7 Å². The fraction of sp³-hybridized carbons (Fsp3) is 0.321. The van der Waals surface area contributed by atoms with Gasteiger partial charge in [0.2, 0.25) is 0 Å². The van der Waals surface area contributed by atoms with E-state index in [2.05, 4.69) is 38.2 Å². The molecule has 186 valence electrons. The molecule has 35 heavy (non-hydrogen) atoms. The first kappa shape index (κ1) is 26.2. The summed E-state index contributed by atoms with van der Waals surface area (Å²) in [6.07, 6.45) is 0. The Bertz CT molecular complexity index is 1170. The van der Waals surface area contributed by atoms with Gasteiger partial charge in [-0.05, 0) is 48.2 Å². The van der Waals surface area contributed by atoms with Crippen molar-refractivity contribution in [1.82, 2.24) is 0 Å². The molecule has 0 heterocycles. The van der Waals surface area contributed by atoms with Gasteiger partial charge in [-0.3, -0.25) is 4.79 Å². The first-order chi connectivity index (χ1) is 16.7. The molecule has 0 spiro atoms. The lowest BCUT2D eigenvalue weighted by atomic mass is 9.87. The van der Waals surface area contributed by atoms with Crippen LogP contribution in [0.1, 0.15) is 49.2 Å². The number of ether oxygens (including phenoxy) is 4. The molecule has 0 aliphatic carbocycles. The van der Waals surface area contributed by atoms with Crippen molar-refractivity contribution in [2.75, 3.05) is 26.1 Å². The van der Waals surface area contributed by atoms with Gasteiger partial charge in [-0.1, -0.05) is 44.5 Å². The van der Waals surface area contributed by atoms with Gasteiger partial charge in [-0.2, -0.15) is 0 Å². The van der Waals surface area contributed by atoms with E-state index in [9.17, 15) is 4.79 Å². The standard InChI is InChI=1S/C28H32ClNO5/c1-7-34-24-13-8-18(27(31)30-23-16-25(32-5)22(29)15-26(23)33-6)14-19(24)17-35-21-11-9-20(10-12-21)28(2,3)4/h8-16H,7,17H2,1-6H3,(H,30,31). The van der Waals surface area contributed by atoms with E-state index in [0.717, 1.165) is 11.3 Å². The molecule has 6 nitrogen and oxygen atoms in total. The maximum atomic E-state index is 13.1. The number of hydrogen-bond acceptors (Lipinski definition) is 5. The van der Waals surface area contributed by atoms with Crippen LogP contribution in [0.5, 0.6) is 23.0 Å². The van der Waals surface area contributed by atoms with Crippen molar-refractivity contribution in [3.63, 3.8) is 0 Å². The number of carbonyl (C=O) groups is 1. The third-order valence-corrected chi connectivity index (χ3v) is 5.75. The van der Waals surface area contributed by atoms with Gasteiger partial charge in [0.15, 0.2) is 0 Å². The monoisotopic (exact) mass is 497 g/mol. The normalized spacial score (nSPS) is 11.1. The van der Waals surface area contributed by atoms with E-state index in [-0.39, 0.29) is 17.9 Å². The Kier molecular flexibility index (Phi) is 8.52. The zero-order valence-electron chi connectivity index (χ0n) is 21.0. The molecule has 0 unspecified atom stereocenters. The summed E-state index contributed by atoms with van der Waals surface area (Å²) in [7, 11) is 3.02. The minimum absolute atomic E-state index is 0.0686. The van der Waals surface area contributed by atoms with Crippen LogP contribution < -0.4 is 24.3 Å². The van der Waals surface area contributed by atoms with Gasteiger partial charge in [-0.15, -0.1) is 0 Å². The Hall–Kier alpha value is -3.38. The second kappa shape index (κ2) is 11.4. The lowest BCUT2D eigenvalue weighted by Gasteiger charge is -2.19. The summed E-state index contributed by atoms with van der Waals surface area (Å²) in [4.78, 5) is 13.1. The second-order valence-electron chi connectivity index (χ2n) is 8.96. The highest BCUT2D eigenvalue weighted by molar-refractivity contribution is 6.32. The van der Waals surface area contributed by atoms with Gasteiger partial charge in [0.05, 0.1) is 31.5 Å². The molecule has 0 atom stereocenters. The largest absolute Gasteiger partial charge is 0.495 e. The molecule has 0 radical (unpaired) electrons. The van der Waals surface area contributed by atoms with Crippen molar-refractivity contribution in [2.24, 2.45) is 0 Å². The van der Waals surface area contributed by atoms with Crippen molar-refractivity contribution in [3.05, 3.63) is 76.3 Å². The van der Waals surface area contributed by atoms with E-state index in [1.165, 1.54) is 19.8 Å². The number of nitrogens with one attached hydrogen (secondary N) is 1. The molecule has 1 N–H and O–H groups in total. The first-order valence-electron chi connectivity index (χ1n) is 11.4. The van der Waals surface area contributed by atoms with Crippen molar-refractivity contribution in [3.8, 4) is 23.0 Å². The van der Waals surface area contributed by atoms with Gasteiger partial charge in [-0.25, -0.2) is 0 Å². The number of amides is 1. The average molecular weight is 498 g/mol. The van der Waals surface area contributed by atoms with E-state index in [0.29, 0.717) is 40.1 Å². The number of benzene rings is 3. The molecule has 3 aromatic carbocycles. The third-order valence-electron chi connectivity index (χ3n) is 5.46. The van der Waals surface area contributed by atoms with Crippen LogP contribution in [0.3, 0.4) is 0 Å². The van der Waals surface area contributed by atoms with Crippen molar-refractivity contribution in [2.45, 2.75) is 39.7 Å². The highest BCUT2D eigenvalue weighted by Gasteiger charge is 2.17. The molecule has 3 aromatic rings. The van der Waals surface area contributed by atoms with Gasteiger partial charge >= 0.3 is 0 Å². The van der Waals surface area contributed by atoms with Gasteiger partial charge in [0.1, 0.15) is 29.6 Å². The summed E-state index contributed by atoms with van der Waals surface area (Å²) in [5.41, 5.74) is 2.96. The maximum absolute atomic E-state index is 13.1. The molecule has 0 aliphatic heterocycles. The number of rotatable bonds is 9. The van der Waals surface area contributed by atoms with E-state index < -0.39 is 0 Å². The summed E-state index contributed by atoms with van der Waals surface area (Å²) in [5.74, 6) is 1.96. The highest BCUT2D eigenvalue weighted by Crippen LogP contribution is 2.36. The highest BCUT2D eigenvalue weighted by atomic mass is 35.5. The maximum Gasteiger partial charge on any atom is 0.255 e. The molecule has 3 rings (SSSR count). The van der Waals surface area contributed by atoms with E-state index in [1.807, 2.05) is 19.1 Å². The van der Waals surface area contributed by atoms with Gasteiger partial charge in [0, 0.05) is 23.3 Å².